The maximum Gasteiger partial charge on any atom is 0.141 e. The summed E-state index contributed by atoms with van der Waals surface area (Å²) in [4.78, 5) is 0. The monoisotopic (exact) mass is 292 g/mol. The molecule has 2 nitrogen and oxygen atoms in total. The van der Waals surface area contributed by atoms with Crippen molar-refractivity contribution >= 4 is 11.6 Å². The molecule has 0 aromatic heterocycles. The van der Waals surface area contributed by atoms with Gasteiger partial charge in [0.1, 0.15) is 5.82 Å². The molecule has 0 amide bonds. The van der Waals surface area contributed by atoms with Gasteiger partial charge >= 0.3 is 0 Å². The second-order valence-electron chi connectivity index (χ2n) is 4.72. The highest BCUT2D eigenvalue weighted by Gasteiger charge is 2.14. The number of rotatable bonds is 5. The van der Waals surface area contributed by atoms with Gasteiger partial charge in [0, 0.05) is 0 Å². The lowest BCUT2D eigenvalue weighted by molar-refractivity contribution is 0.546. The van der Waals surface area contributed by atoms with Crippen molar-refractivity contribution in [2.24, 2.45) is 5.84 Å². The summed E-state index contributed by atoms with van der Waals surface area (Å²) in [5.74, 6) is 5.29. The van der Waals surface area contributed by atoms with Gasteiger partial charge in [-0.25, -0.2) is 4.39 Å². The average molecular weight is 293 g/mol. The number of nitrogens with one attached hydrogen (secondary N) is 1. The fourth-order valence-electron chi connectivity index (χ4n) is 2.36. The molecule has 0 heterocycles. The van der Waals surface area contributed by atoms with Gasteiger partial charge in [-0.1, -0.05) is 48.9 Å². The fourth-order valence-corrected chi connectivity index (χ4v) is 2.56. The molecule has 0 fully saturated rings. The topological polar surface area (TPSA) is 38.0 Å². The van der Waals surface area contributed by atoms with E-state index in [2.05, 4.69) is 24.5 Å². The quantitative estimate of drug-likeness (QED) is 0.650. The molecule has 1 unspecified atom stereocenters. The second-order valence-corrected chi connectivity index (χ2v) is 5.13. The molecule has 3 N–H and O–H groups in total. The zero-order chi connectivity index (χ0) is 14.5. The summed E-state index contributed by atoms with van der Waals surface area (Å²) in [6.07, 6.45) is 1.60. The van der Waals surface area contributed by atoms with Crippen LogP contribution in [0.3, 0.4) is 0 Å². The Kier molecular flexibility index (Phi) is 5.12. The SMILES string of the molecule is CCc1ccccc1C(Cc1ccc(F)c(Cl)c1)NN. The van der Waals surface area contributed by atoms with Crippen LogP contribution in [0.25, 0.3) is 0 Å². The Morgan fingerprint density at radius 2 is 2.00 bits per heavy atom. The van der Waals surface area contributed by atoms with E-state index >= 15 is 0 Å². The van der Waals surface area contributed by atoms with Crippen LogP contribution in [0.5, 0.6) is 0 Å². The van der Waals surface area contributed by atoms with Crippen molar-refractivity contribution in [3.05, 3.63) is 70.0 Å². The van der Waals surface area contributed by atoms with Gasteiger partial charge < -0.3 is 0 Å². The van der Waals surface area contributed by atoms with E-state index in [9.17, 15) is 4.39 Å². The van der Waals surface area contributed by atoms with E-state index in [4.69, 9.17) is 17.4 Å². The summed E-state index contributed by atoms with van der Waals surface area (Å²) in [6.45, 7) is 2.11. The van der Waals surface area contributed by atoms with Gasteiger partial charge in [0.15, 0.2) is 0 Å². The maximum atomic E-state index is 13.2. The molecule has 0 saturated heterocycles. The van der Waals surface area contributed by atoms with Crippen molar-refractivity contribution in [2.45, 2.75) is 25.8 Å². The van der Waals surface area contributed by atoms with Gasteiger partial charge in [-0.2, -0.15) is 0 Å². The number of hydrogen-bond acceptors (Lipinski definition) is 2. The largest absolute Gasteiger partial charge is 0.271 e. The molecule has 0 saturated carbocycles. The minimum Gasteiger partial charge on any atom is -0.271 e. The third-order valence-corrected chi connectivity index (χ3v) is 3.73. The van der Waals surface area contributed by atoms with E-state index in [1.807, 2.05) is 12.1 Å². The van der Waals surface area contributed by atoms with Crippen LogP contribution in [0.15, 0.2) is 42.5 Å². The van der Waals surface area contributed by atoms with Crippen LogP contribution in [-0.4, -0.2) is 0 Å². The molecule has 0 spiro atoms. The highest BCUT2D eigenvalue weighted by atomic mass is 35.5. The number of hydrogen-bond donors (Lipinski definition) is 2. The normalized spacial score (nSPS) is 12.4. The van der Waals surface area contributed by atoms with E-state index in [1.54, 1.807) is 12.1 Å². The molecule has 0 bridgehead atoms. The fraction of sp³-hybridized carbons (Fsp3) is 0.250. The number of nitrogens with two attached hydrogens (primary N) is 1. The Hall–Kier alpha value is -1.42. The summed E-state index contributed by atoms with van der Waals surface area (Å²) in [6, 6.07) is 12.9. The summed E-state index contributed by atoms with van der Waals surface area (Å²) in [7, 11) is 0. The smallest absolute Gasteiger partial charge is 0.141 e. The zero-order valence-corrected chi connectivity index (χ0v) is 12.1. The van der Waals surface area contributed by atoms with Crippen LogP contribution in [0.2, 0.25) is 5.02 Å². The molecule has 0 aliphatic carbocycles. The van der Waals surface area contributed by atoms with Gasteiger partial charge in [0.25, 0.3) is 0 Å². The maximum absolute atomic E-state index is 13.2. The lowest BCUT2D eigenvalue weighted by Gasteiger charge is -2.19. The van der Waals surface area contributed by atoms with Crippen LogP contribution in [0.1, 0.15) is 29.7 Å². The van der Waals surface area contributed by atoms with Crippen LogP contribution >= 0.6 is 11.6 Å². The summed E-state index contributed by atoms with van der Waals surface area (Å²) >= 11 is 5.82. The Bertz CT molecular complexity index is 586. The van der Waals surface area contributed by atoms with Crippen LogP contribution in [0, 0.1) is 5.82 Å². The van der Waals surface area contributed by atoms with E-state index in [0.29, 0.717) is 6.42 Å². The Labute approximate surface area is 123 Å². The van der Waals surface area contributed by atoms with E-state index in [0.717, 1.165) is 17.5 Å². The van der Waals surface area contributed by atoms with Gasteiger partial charge in [0.05, 0.1) is 11.1 Å². The first-order chi connectivity index (χ1) is 9.65. The van der Waals surface area contributed by atoms with Crippen molar-refractivity contribution in [3.8, 4) is 0 Å². The molecule has 2 rings (SSSR count). The number of halogens is 2. The lowest BCUT2D eigenvalue weighted by Crippen LogP contribution is -2.30. The Morgan fingerprint density at radius 3 is 2.65 bits per heavy atom. The summed E-state index contributed by atoms with van der Waals surface area (Å²) in [5.41, 5.74) is 6.21. The molecular formula is C16H18ClFN2. The van der Waals surface area contributed by atoms with Crippen molar-refractivity contribution in [1.29, 1.82) is 0 Å². The number of aryl methyl sites for hydroxylation is 1. The minimum atomic E-state index is -0.401. The molecule has 4 heteroatoms. The zero-order valence-electron chi connectivity index (χ0n) is 11.4. The third kappa shape index (κ3) is 3.37. The van der Waals surface area contributed by atoms with Gasteiger partial charge in [0.2, 0.25) is 0 Å². The highest BCUT2D eigenvalue weighted by Crippen LogP contribution is 2.24. The van der Waals surface area contributed by atoms with Crippen molar-refractivity contribution in [1.82, 2.24) is 5.43 Å². The first kappa shape index (κ1) is 15.0. The molecular weight excluding hydrogens is 275 g/mol. The molecule has 106 valence electrons. The molecule has 0 aliphatic rings. The standard InChI is InChI=1S/C16H18ClFN2/c1-2-12-5-3-4-6-13(12)16(20-19)10-11-7-8-15(18)14(17)9-11/h3-9,16,20H,2,10,19H2,1H3. The third-order valence-electron chi connectivity index (χ3n) is 3.44. The predicted molar refractivity (Wildman–Crippen MR) is 81.0 cm³/mol. The van der Waals surface area contributed by atoms with Crippen molar-refractivity contribution < 1.29 is 4.39 Å². The van der Waals surface area contributed by atoms with Gasteiger partial charge in [-0.05, 0) is 41.7 Å². The first-order valence-corrected chi connectivity index (χ1v) is 7.01. The second kappa shape index (κ2) is 6.84. The van der Waals surface area contributed by atoms with Crippen LogP contribution < -0.4 is 11.3 Å². The average Bonchev–Trinajstić information content (AvgIpc) is 2.48. The predicted octanol–water partition coefficient (Wildman–Crippen LogP) is 3.79. The molecule has 1 atom stereocenters. The number of benzene rings is 2. The van der Waals surface area contributed by atoms with Gasteiger partial charge in [-0.15, -0.1) is 0 Å². The van der Waals surface area contributed by atoms with Crippen LogP contribution in [-0.2, 0) is 12.8 Å². The van der Waals surface area contributed by atoms with Crippen LogP contribution in [0.4, 0.5) is 4.39 Å². The van der Waals surface area contributed by atoms with Crippen molar-refractivity contribution in [2.75, 3.05) is 0 Å². The number of hydrazine groups is 1. The molecule has 2 aromatic rings. The highest BCUT2D eigenvalue weighted by molar-refractivity contribution is 6.30. The molecule has 20 heavy (non-hydrogen) atoms. The Morgan fingerprint density at radius 1 is 1.25 bits per heavy atom. The Balaban J connectivity index is 2.26. The molecule has 2 aromatic carbocycles. The van der Waals surface area contributed by atoms with E-state index in [1.165, 1.54) is 11.6 Å². The van der Waals surface area contributed by atoms with Crippen molar-refractivity contribution in [3.63, 3.8) is 0 Å². The molecule has 0 radical (unpaired) electrons. The minimum absolute atomic E-state index is 0.0207. The van der Waals surface area contributed by atoms with E-state index in [-0.39, 0.29) is 11.1 Å². The summed E-state index contributed by atoms with van der Waals surface area (Å²) < 4.78 is 13.2. The summed E-state index contributed by atoms with van der Waals surface area (Å²) in [5, 5.41) is 0.141. The van der Waals surface area contributed by atoms with E-state index < -0.39 is 5.82 Å². The lowest BCUT2D eigenvalue weighted by atomic mass is 9.94. The first-order valence-electron chi connectivity index (χ1n) is 6.63. The van der Waals surface area contributed by atoms with Gasteiger partial charge in [-0.3, -0.25) is 11.3 Å². The molecule has 0 aliphatic heterocycles.